The lowest BCUT2D eigenvalue weighted by Crippen LogP contribution is -2.41. The summed E-state index contributed by atoms with van der Waals surface area (Å²) >= 11 is 0. The Balaban J connectivity index is 1.90. The maximum absolute atomic E-state index is 8.27. The molecule has 0 spiro atoms. The van der Waals surface area contributed by atoms with Crippen molar-refractivity contribution in [2.24, 2.45) is 0 Å². The molecule has 1 unspecified atom stereocenters. The molecule has 74 valence electrons. The van der Waals surface area contributed by atoms with Crippen molar-refractivity contribution in [2.45, 2.75) is 18.9 Å². The normalized spacial score (nSPS) is 22.5. The molecule has 1 atom stereocenters. The van der Waals surface area contributed by atoms with E-state index in [0.717, 1.165) is 26.1 Å². The Hall–Kier alpha value is -0.630. The summed E-state index contributed by atoms with van der Waals surface area (Å²) in [6, 6.07) is 2.08. The van der Waals surface area contributed by atoms with Crippen LogP contribution in [0.15, 0.2) is 0 Å². The molecule has 1 fully saturated rings. The molecule has 0 amide bonds. The number of nitrogens with one attached hydrogen (secondary N) is 1. The Bertz CT molecular complexity index is 161. The number of rotatable bonds is 5. The van der Waals surface area contributed by atoms with Gasteiger partial charge in [-0.3, -0.25) is 0 Å². The van der Waals surface area contributed by atoms with Gasteiger partial charge in [-0.1, -0.05) is 0 Å². The minimum atomic E-state index is 0.191. The number of unbranched alkanes of at least 4 members (excludes halogenated alkanes) is 1. The molecule has 4 heteroatoms. The molecular weight excluding hydrogens is 168 g/mol. The Kier molecular flexibility index (Phi) is 5.50. The van der Waals surface area contributed by atoms with Crippen LogP contribution in [0, 0.1) is 11.3 Å². The maximum atomic E-state index is 8.27. The number of ether oxygens (including phenoxy) is 2. The second kappa shape index (κ2) is 6.84. The first kappa shape index (κ1) is 10.5. The third-order valence-corrected chi connectivity index (χ3v) is 1.89. The van der Waals surface area contributed by atoms with Gasteiger partial charge in [0, 0.05) is 26.1 Å². The molecular formula is C9H16N2O2. The summed E-state index contributed by atoms with van der Waals surface area (Å²) < 4.78 is 10.8. The molecule has 0 aromatic carbocycles. The van der Waals surface area contributed by atoms with E-state index in [1.54, 1.807) is 0 Å². The molecule has 1 aliphatic heterocycles. The summed E-state index contributed by atoms with van der Waals surface area (Å²) in [6.45, 7) is 3.88. The molecule has 0 aromatic heterocycles. The molecule has 4 nitrogen and oxygen atoms in total. The van der Waals surface area contributed by atoms with Crippen molar-refractivity contribution < 1.29 is 9.47 Å². The summed E-state index contributed by atoms with van der Waals surface area (Å²) in [5, 5.41) is 11.5. The van der Waals surface area contributed by atoms with Crippen molar-refractivity contribution in [2.75, 3.05) is 32.9 Å². The lowest BCUT2D eigenvalue weighted by molar-refractivity contribution is -0.0315. The summed E-state index contributed by atoms with van der Waals surface area (Å²) in [5.74, 6) is 0. The van der Waals surface area contributed by atoms with Crippen molar-refractivity contribution in [3.05, 3.63) is 0 Å². The number of nitrogens with zero attached hydrogens (tertiary/aromatic N) is 1. The molecule has 1 rings (SSSR count). The van der Waals surface area contributed by atoms with Crippen molar-refractivity contribution in [1.82, 2.24) is 5.32 Å². The molecule has 1 aliphatic rings. The Morgan fingerprint density at radius 1 is 1.62 bits per heavy atom. The molecule has 13 heavy (non-hydrogen) atoms. The van der Waals surface area contributed by atoms with Crippen LogP contribution in [0.25, 0.3) is 0 Å². The first-order chi connectivity index (χ1) is 6.43. The molecule has 0 bridgehead atoms. The molecule has 0 aliphatic carbocycles. The van der Waals surface area contributed by atoms with E-state index in [-0.39, 0.29) is 6.10 Å². The second-order valence-corrected chi connectivity index (χ2v) is 3.03. The van der Waals surface area contributed by atoms with Crippen molar-refractivity contribution in [3.8, 4) is 6.07 Å². The topological polar surface area (TPSA) is 54.3 Å². The second-order valence-electron chi connectivity index (χ2n) is 3.03. The minimum Gasteiger partial charge on any atom is -0.379 e. The smallest absolute Gasteiger partial charge is 0.0933 e. The predicted octanol–water partition coefficient (Wildman–Crippen LogP) is 0.295. The third-order valence-electron chi connectivity index (χ3n) is 1.89. The highest BCUT2D eigenvalue weighted by Crippen LogP contribution is 1.97. The van der Waals surface area contributed by atoms with Gasteiger partial charge in [-0.05, 0) is 6.42 Å². The van der Waals surface area contributed by atoms with Gasteiger partial charge in [0.2, 0.25) is 0 Å². The zero-order valence-electron chi connectivity index (χ0n) is 7.79. The van der Waals surface area contributed by atoms with Gasteiger partial charge in [0.05, 0.1) is 25.4 Å². The van der Waals surface area contributed by atoms with Crippen LogP contribution in [-0.4, -0.2) is 39.0 Å². The number of nitriles is 1. The van der Waals surface area contributed by atoms with Gasteiger partial charge >= 0.3 is 0 Å². The molecule has 1 heterocycles. The Morgan fingerprint density at radius 2 is 2.54 bits per heavy atom. The highest BCUT2D eigenvalue weighted by Gasteiger charge is 2.12. The van der Waals surface area contributed by atoms with E-state index >= 15 is 0 Å². The van der Waals surface area contributed by atoms with Crippen LogP contribution in [0.3, 0.4) is 0 Å². The number of hydrogen-bond donors (Lipinski definition) is 1. The van der Waals surface area contributed by atoms with Crippen LogP contribution < -0.4 is 5.32 Å². The maximum Gasteiger partial charge on any atom is 0.0933 e. The van der Waals surface area contributed by atoms with Crippen molar-refractivity contribution in [3.63, 3.8) is 0 Å². The van der Waals surface area contributed by atoms with E-state index in [0.29, 0.717) is 19.6 Å². The van der Waals surface area contributed by atoms with E-state index in [1.165, 1.54) is 0 Å². The molecule has 1 saturated heterocycles. The third kappa shape index (κ3) is 4.83. The van der Waals surface area contributed by atoms with Gasteiger partial charge in [-0.25, -0.2) is 0 Å². The molecule has 1 N–H and O–H groups in total. The molecule has 0 saturated carbocycles. The summed E-state index contributed by atoms with van der Waals surface area (Å²) in [5.41, 5.74) is 0. The first-order valence-electron chi connectivity index (χ1n) is 4.70. The monoisotopic (exact) mass is 184 g/mol. The molecule has 0 radical (unpaired) electrons. The van der Waals surface area contributed by atoms with Gasteiger partial charge in [0.25, 0.3) is 0 Å². The van der Waals surface area contributed by atoms with Crippen LogP contribution >= 0.6 is 0 Å². The van der Waals surface area contributed by atoms with Crippen molar-refractivity contribution in [1.29, 1.82) is 5.26 Å². The fourth-order valence-corrected chi connectivity index (χ4v) is 1.19. The van der Waals surface area contributed by atoms with E-state index < -0.39 is 0 Å². The Labute approximate surface area is 78.8 Å². The number of hydrogen-bond acceptors (Lipinski definition) is 4. The largest absolute Gasteiger partial charge is 0.379 e. The van der Waals surface area contributed by atoms with Crippen LogP contribution in [-0.2, 0) is 9.47 Å². The lowest BCUT2D eigenvalue weighted by Gasteiger charge is -2.23. The summed E-state index contributed by atoms with van der Waals surface area (Å²) in [6.07, 6.45) is 1.58. The van der Waals surface area contributed by atoms with Gasteiger partial charge < -0.3 is 14.8 Å². The first-order valence-corrected chi connectivity index (χ1v) is 4.70. The Morgan fingerprint density at radius 3 is 3.23 bits per heavy atom. The van der Waals surface area contributed by atoms with Crippen LogP contribution in [0.5, 0.6) is 0 Å². The number of morpholine rings is 1. The summed E-state index contributed by atoms with van der Waals surface area (Å²) in [7, 11) is 0. The standard InChI is InChI=1S/C9H16N2O2/c10-3-1-2-5-12-8-9-7-11-4-6-13-9/h9,11H,1-2,4-8H2. The van der Waals surface area contributed by atoms with Crippen LogP contribution in [0.4, 0.5) is 0 Å². The summed E-state index contributed by atoms with van der Waals surface area (Å²) in [4.78, 5) is 0. The highest BCUT2D eigenvalue weighted by atomic mass is 16.5. The zero-order chi connectivity index (χ0) is 9.36. The fraction of sp³-hybridized carbons (Fsp3) is 0.889. The predicted molar refractivity (Wildman–Crippen MR) is 48.3 cm³/mol. The average Bonchev–Trinajstić information content (AvgIpc) is 2.19. The lowest BCUT2D eigenvalue weighted by atomic mass is 10.3. The van der Waals surface area contributed by atoms with Gasteiger partial charge in [0.15, 0.2) is 0 Å². The quantitative estimate of drug-likeness (QED) is 0.624. The SMILES string of the molecule is N#CCCCOCC1CNCCO1. The van der Waals surface area contributed by atoms with Gasteiger partial charge in [-0.15, -0.1) is 0 Å². The van der Waals surface area contributed by atoms with Crippen LogP contribution in [0.1, 0.15) is 12.8 Å². The molecule has 0 aromatic rings. The van der Waals surface area contributed by atoms with E-state index in [9.17, 15) is 0 Å². The van der Waals surface area contributed by atoms with E-state index in [1.807, 2.05) is 0 Å². The van der Waals surface area contributed by atoms with Crippen molar-refractivity contribution >= 4 is 0 Å². The van der Waals surface area contributed by atoms with E-state index in [4.69, 9.17) is 14.7 Å². The fourth-order valence-electron chi connectivity index (χ4n) is 1.19. The van der Waals surface area contributed by atoms with Gasteiger partial charge in [0.1, 0.15) is 0 Å². The highest BCUT2D eigenvalue weighted by molar-refractivity contribution is 4.68. The minimum absolute atomic E-state index is 0.191. The zero-order valence-corrected chi connectivity index (χ0v) is 7.79. The van der Waals surface area contributed by atoms with E-state index in [2.05, 4.69) is 11.4 Å². The van der Waals surface area contributed by atoms with Crippen LogP contribution in [0.2, 0.25) is 0 Å². The van der Waals surface area contributed by atoms with Gasteiger partial charge in [-0.2, -0.15) is 5.26 Å². The average molecular weight is 184 g/mol.